The normalized spacial score (nSPS) is 20.8. The molecule has 0 spiro atoms. The van der Waals surface area contributed by atoms with Gasteiger partial charge in [-0.1, -0.05) is 13.8 Å². The van der Waals surface area contributed by atoms with Gasteiger partial charge in [0.25, 0.3) is 0 Å². The van der Waals surface area contributed by atoms with E-state index in [0.29, 0.717) is 11.8 Å². The number of hydrogen-bond donors (Lipinski definition) is 1. The lowest BCUT2D eigenvalue weighted by Crippen LogP contribution is -2.05. The Kier molecular flexibility index (Phi) is 3.49. The maximum atomic E-state index is 5.99. The molecule has 2 heterocycles. The van der Waals surface area contributed by atoms with Gasteiger partial charge in [-0.25, -0.2) is 0 Å². The highest BCUT2D eigenvalue weighted by molar-refractivity contribution is 5.43. The Bertz CT molecular complexity index is 340. The summed E-state index contributed by atoms with van der Waals surface area (Å²) >= 11 is 0. The number of nitrogens with two attached hydrogens (primary N) is 1. The molecule has 0 aromatic carbocycles. The quantitative estimate of drug-likeness (QED) is 0.849. The third-order valence-electron chi connectivity index (χ3n) is 3.07. The van der Waals surface area contributed by atoms with Crippen LogP contribution in [0.2, 0.25) is 0 Å². The Morgan fingerprint density at radius 1 is 1.62 bits per heavy atom. The van der Waals surface area contributed by atoms with E-state index in [1.165, 1.54) is 0 Å². The molecule has 90 valence electrons. The number of aryl methyl sites for hydroxylation is 1. The molecule has 0 radical (unpaired) electrons. The Labute approximate surface area is 96.8 Å². The van der Waals surface area contributed by atoms with Crippen molar-refractivity contribution in [1.29, 1.82) is 0 Å². The number of rotatable bonds is 4. The molecule has 2 N–H and O–H groups in total. The number of ether oxygens (including phenoxy) is 1. The van der Waals surface area contributed by atoms with E-state index in [0.717, 1.165) is 44.0 Å². The van der Waals surface area contributed by atoms with Gasteiger partial charge in [0.2, 0.25) is 0 Å². The standard InChI is InChI=1S/C12H21N3O/c1-9(2)3-5-15-7-11(13)12(14-15)10-4-6-16-8-10/h7,9-10H,3-6,8,13H2,1-2H3. The summed E-state index contributed by atoms with van der Waals surface area (Å²) in [7, 11) is 0. The Hall–Kier alpha value is -1.03. The van der Waals surface area contributed by atoms with Gasteiger partial charge in [0.1, 0.15) is 0 Å². The van der Waals surface area contributed by atoms with E-state index >= 15 is 0 Å². The van der Waals surface area contributed by atoms with E-state index in [1.807, 2.05) is 10.9 Å². The lowest BCUT2D eigenvalue weighted by atomic mass is 10.0. The summed E-state index contributed by atoms with van der Waals surface area (Å²) in [5.74, 6) is 1.10. The summed E-state index contributed by atoms with van der Waals surface area (Å²) in [6.07, 6.45) is 4.14. The van der Waals surface area contributed by atoms with Crippen molar-refractivity contribution >= 4 is 5.69 Å². The molecule has 1 aromatic heterocycles. The first-order valence-corrected chi connectivity index (χ1v) is 6.07. The van der Waals surface area contributed by atoms with Gasteiger partial charge in [0.15, 0.2) is 0 Å². The molecular weight excluding hydrogens is 202 g/mol. The molecule has 1 saturated heterocycles. The highest BCUT2D eigenvalue weighted by Crippen LogP contribution is 2.28. The van der Waals surface area contributed by atoms with E-state index in [4.69, 9.17) is 10.5 Å². The van der Waals surface area contributed by atoms with E-state index in [2.05, 4.69) is 18.9 Å². The fourth-order valence-electron chi connectivity index (χ4n) is 2.02. The van der Waals surface area contributed by atoms with Crippen molar-refractivity contribution in [2.75, 3.05) is 18.9 Å². The zero-order valence-electron chi connectivity index (χ0n) is 10.1. The molecule has 0 bridgehead atoms. The van der Waals surface area contributed by atoms with Crippen LogP contribution in [0.5, 0.6) is 0 Å². The number of nitrogen functional groups attached to an aromatic ring is 1. The molecule has 1 aromatic rings. The lowest BCUT2D eigenvalue weighted by molar-refractivity contribution is 0.193. The summed E-state index contributed by atoms with van der Waals surface area (Å²) < 4.78 is 7.34. The zero-order chi connectivity index (χ0) is 11.5. The molecule has 16 heavy (non-hydrogen) atoms. The second-order valence-electron chi connectivity index (χ2n) is 4.98. The van der Waals surface area contributed by atoms with E-state index in [-0.39, 0.29) is 0 Å². The van der Waals surface area contributed by atoms with Crippen LogP contribution < -0.4 is 5.73 Å². The fourth-order valence-corrected chi connectivity index (χ4v) is 2.02. The molecule has 0 aliphatic carbocycles. The number of hydrogen-bond acceptors (Lipinski definition) is 3. The van der Waals surface area contributed by atoms with Crippen LogP contribution in [0.3, 0.4) is 0 Å². The van der Waals surface area contributed by atoms with Crippen LogP contribution in [0.25, 0.3) is 0 Å². The summed E-state index contributed by atoms with van der Waals surface area (Å²) in [5.41, 5.74) is 7.84. The van der Waals surface area contributed by atoms with Crippen LogP contribution in [0.1, 0.15) is 38.3 Å². The zero-order valence-corrected chi connectivity index (χ0v) is 10.1. The molecule has 4 heteroatoms. The third-order valence-corrected chi connectivity index (χ3v) is 3.07. The largest absolute Gasteiger partial charge is 0.396 e. The predicted molar refractivity (Wildman–Crippen MR) is 64.3 cm³/mol. The Morgan fingerprint density at radius 2 is 2.44 bits per heavy atom. The van der Waals surface area contributed by atoms with Crippen LogP contribution >= 0.6 is 0 Å². The van der Waals surface area contributed by atoms with Crippen LogP contribution in [0.4, 0.5) is 5.69 Å². The molecule has 1 aliphatic heterocycles. The molecular formula is C12H21N3O. The monoisotopic (exact) mass is 223 g/mol. The van der Waals surface area contributed by atoms with Gasteiger partial charge in [0, 0.05) is 25.3 Å². The van der Waals surface area contributed by atoms with Gasteiger partial charge in [-0.2, -0.15) is 5.10 Å². The average Bonchev–Trinajstić information content (AvgIpc) is 2.83. The van der Waals surface area contributed by atoms with E-state index in [1.54, 1.807) is 0 Å². The van der Waals surface area contributed by atoms with Crippen molar-refractivity contribution in [2.24, 2.45) is 5.92 Å². The minimum atomic E-state index is 0.403. The van der Waals surface area contributed by atoms with Crippen LogP contribution in [0, 0.1) is 5.92 Å². The Morgan fingerprint density at radius 3 is 3.06 bits per heavy atom. The molecule has 1 atom stereocenters. The summed E-state index contributed by atoms with van der Waals surface area (Å²) in [6, 6.07) is 0. The van der Waals surface area contributed by atoms with E-state index < -0.39 is 0 Å². The van der Waals surface area contributed by atoms with Crippen molar-refractivity contribution in [1.82, 2.24) is 9.78 Å². The van der Waals surface area contributed by atoms with Crippen molar-refractivity contribution in [3.8, 4) is 0 Å². The molecule has 4 nitrogen and oxygen atoms in total. The highest BCUT2D eigenvalue weighted by atomic mass is 16.5. The summed E-state index contributed by atoms with van der Waals surface area (Å²) in [4.78, 5) is 0. The third kappa shape index (κ3) is 2.55. The first-order valence-electron chi connectivity index (χ1n) is 6.07. The second-order valence-corrected chi connectivity index (χ2v) is 4.98. The highest BCUT2D eigenvalue weighted by Gasteiger charge is 2.22. The Balaban J connectivity index is 2.03. The fraction of sp³-hybridized carbons (Fsp3) is 0.750. The minimum Gasteiger partial charge on any atom is -0.396 e. The van der Waals surface area contributed by atoms with Crippen molar-refractivity contribution < 1.29 is 4.74 Å². The molecule has 1 unspecified atom stereocenters. The maximum absolute atomic E-state index is 5.99. The maximum Gasteiger partial charge on any atom is 0.0908 e. The van der Waals surface area contributed by atoms with Crippen LogP contribution in [-0.4, -0.2) is 23.0 Å². The predicted octanol–water partition coefficient (Wildman–Crippen LogP) is 2.02. The second kappa shape index (κ2) is 4.87. The lowest BCUT2D eigenvalue weighted by Gasteiger charge is -2.05. The SMILES string of the molecule is CC(C)CCn1cc(N)c(C2CCOC2)n1. The van der Waals surface area contributed by atoms with Crippen molar-refractivity contribution in [2.45, 2.75) is 39.2 Å². The molecule has 2 rings (SSSR count). The van der Waals surface area contributed by atoms with Gasteiger partial charge in [-0.15, -0.1) is 0 Å². The van der Waals surface area contributed by atoms with Gasteiger partial charge in [-0.3, -0.25) is 4.68 Å². The van der Waals surface area contributed by atoms with Crippen molar-refractivity contribution in [3.63, 3.8) is 0 Å². The number of anilines is 1. The number of aromatic nitrogens is 2. The van der Waals surface area contributed by atoms with E-state index in [9.17, 15) is 0 Å². The van der Waals surface area contributed by atoms with Crippen LogP contribution in [-0.2, 0) is 11.3 Å². The molecule has 0 saturated carbocycles. The molecule has 1 fully saturated rings. The van der Waals surface area contributed by atoms with Gasteiger partial charge in [0.05, 0.1) is 18.0 Å². The van der Waals surface area contributed by atoms with Gasteiger partial charge < -0.3 is 10.5 Å². The topological polar surface area (TPSA) is 53.1 Å². The first-order chi connectivity index (χ1) is 7.66. The molecule has 1 aliphatic rings. The number of nitrogens with zero attached hydrogens (tertiary/aromatic N) is 2. The first kappa shape index (κ1) is 11.5. The summed E-state index contributed by atoms with van der Waals surface area (Å²) in [5, 5.41) is 4.58. The molecule has 0 amide bonds. The van der Waals surface area contributed by atoms with Gasteiger partial charge in [-0.05, 0) is 18.8 Å². The minimum absolute atomic E-state index is 0.403. The van der Waals surface area contributed by atoms with Gasteiger partial charge >= 0.3 is 0 Å². The van der Waals surface area contributed by atoms with Crippen molar-refractivity contribution in [3.05, 3.63) is 11.9 Å². The average molecular weight is 223 g/mol. The summed E-state index contributed by atoms with van der Waals surface area (Å²) in [6.45, 7) is 7.00. The smallest absolute Gasteiger partial charge is 0.0908 e. The van der Waals surface area contributed by atoms with Crippen LogP contribution in [0.15, 0.2) is 6.20 Å².